The SMILES string of the molecule is CS(=O)(=O)c1ccc(Br)cc1[C@H]1NC(=O)C[C@@H](c2cccc(Cl)c2)[C@]12C(=O)Nc1cc(Cl)ccc12. The van der Waals surface area contributed by atoms with E-state index in [0.717, 1.165) is 6.26 Å². The van der Waals surface area contributed by atoms with Crippen LogP contribution in [0.5, 0.6) is 0 Å². The molecule has 1 saturated heterocycles. The molecule has 1 spiro atoms. The van der Waals surface area contributed by atoms with Gasteiger partial charge in [0.15, 0.2) is 9.84 Å². The minimum atomic E-state index is -3.70. The Kier molecular flexibility index (Phi) is 5.99. The molecule has 0 saturated carbocycles. The first kappa shape index (κ1) is 24.3. The molecule has 0 aromatic heterocycles. The van der Waals surface area contributed by atoms with Gasteiger partial charge in [0.2, 0.25) is 11.8 Å². The van der Waals surface area contributed by atoms with Crippen molar-refractivity contribution in [3.8, 4) is 0 Å². The van der Waals surface area contributed by atoms with Gasteiger partial charge in [-0.1, -0.05) is 57.3 Å². The number of anilines is 1. The monoisotopic (exact) mass is 592 g/mol. The highest BCUT2D eigenvalue weighted by Gasteiger charge is 2.61. The second kappa shape index (κ2) is 8.62. The zero-order valence-corrected chi connectivity index (χ0v) is 22.2. The van der Waals surface area contributed by atoms with Crippen LogP contribution in [0.3, 0.4) is 0 Å². The Morgan fingerprint density at radius 1 is 1.00 bits per heavy atom. The van der Waals surface area contributed by atoms with Gasteiger partial charge >= 0.3 is 0 Å². The van der Waals surface area contributed by atoms with Crippen LogP contribution in [0, 0.1) is 0 Å². The van der Waals surface area contributed by atoms with Gasteiger partial charge in [-0.05, 0) is 59.2 Å². The second-order valence-electron chi connectivity index (χ2n) is 8.78. The van der Waals surface area contributed by atoms with Gasteiger partial charge in [0.05, 0.1) is 10.9 Å². The lowest BCUT2D eigenvalue weighted by atomic mass is 9.59. The van der Waals surface area contributed by atoms with E-state index in [1.165, 1.54) is 6.07 Å². The molecule has 6 nitrogen and oxygen atoms in total. The largest absolute Gasteiger partial charge is 0.348 e. The highest BCUT2D eigenvalue weighted by Crippen LogP contribution is 2.58. The van der Waals surface area contributed by atoms with Crippen LogP contribution in [-0.4, -0.2) is 26.5 Å². The van der Waals surface area contributed by atoms with Gasteiger partial charge in [-0.25, -0.2) is 8.42 Å². The van der Waals surface area contributed by atoms with Crippen LogP contribution < -0.4 is 10.6 Å². The summed E-state index contributed by atoms with van der Waals surface area (Å²) in [6.07, 6.45) is 1.11. The molecule has 2 aliphatic rings. The van der Waals surface area contributed by atoms with Crippen molar-refractivity contribution in [3.63, 3.8) is 0 Å². The van der Waals surface area contributed by atoms with Gasteiger partial charge in [-0.2, -0.15) is 0 Å². The fraction of sp³-hybridized carbons (Fsp3) is 0.200. The molecule has 10 heteroatoms. The summed E-state index contributed by atoms with van der Waals surface area (Å²) in [5.74, 6) is -1.29. The number of carbonyl (C=O) groups excluding carboxylic acids is 2. The average Bonchev–Trinajstić information content (AvgIpc) is 3.05. The molecule has 2 aliphatic heterocycles. The summed E-state index contributed by atoms with van der Waals surface area (Å²) in [7, 11) is -3.70. The van der Waals surface area contributed by atoms with E-state index in [1.807, 2.05) is 6.07 Å². The molecule has 2 heterocycles. The highest BCUT2D eigenvalue weighted by molar-refractivity contribution is 9.10. The number of hydrogen-bond acceptors (Lipinski definition) is 4. The molecule has 0 bridgehead atoms. The van der Waals surface area contributed by atoms with Gasteiger partial charge < -0.3 is 10.6 Å². The second-order valence-corrected chi connectivity index (χ2v) is 12.6. The van der Waals surface area contributed by atoms with Crippen molar-refractivity contribution in [2.75, 3.05) is 11.6 Å². The molecule has 1 fully saturated rings. The molecule has 3 atom stereocenters. The standard InChI is InChI=1S/C25H19BrCl2N2O4S/c1-35(33,34)21-8-5-14(26)10-17(21)23-25(18-7-6-16(28)11-20(18)29-24(25)32)19(12-22(31)30-23)13-3-2-4-15(27)9-13/h2-11,19,23H,12H2,1H3,(H,29,32)(H,30,31)/t19-,23+,25-/m0/s1. The lowest BCUT2D eigenvalue weighted by molar-refractivity contribution is -0.131. The fourth-order valence-electron chi connectivity index (χ4n) is 5.35. The van der Waals surface area contributed by atoms with Crippen LogP contribution in [0.1, 0.15) is 35.1 Å². The molecule has 2 amide bonds. The topological polar surface area (TPSA) is 92.3 Å². The zero-order valence-electron chi connectivity index (χ0n) is 18.3. The number of sulfone groups is 1. The first-order valence-corrected chi connectivity index (χ1v) is 14.1. The maximum atomic E-state index is 14.0. The third-order valence-electron chi connectivity index (χ3n) is 6.68. The van der Waals surface area contributed by atoms with Crippen molar-refractivity contribution < 1.29 is 18.0 Å². The van der Waals surface area contributed by atoms with Crippen molar-refractivity contribution in [3.05, 3.63) is 91.9 Å². The quantitative estimate of drug-likeness (QED) is 0.426. The Bertz CT molecular complexity index is 1510. The molecular weight excluding hydrogens is 575 g/mol. The normalized spacial score (nSPS) is 23.7. The molecule has 0 unspecified atom stereocenters. The van der Waals surface area contributed by atoms with Crippen LogP contribution in [0.15, 0.2) is 70.0 Å². The van der Waals surface area contributed by atoms with Crippen molar-refractivity contribution in [2.45, 2.75) is 28.7 Å². The number of halogens is 3. The first-order valence-electron chi connectivity index (χ1n) is 10.7. The third-order valence-corrected chi connectivity index (χ3v) is 8.82. The number of hydrogen-bond donors (Lipinski definition) is 2. The molecule has 0 aliphatic carbocycles. The van der Waals surface area contributed by atoms with E-state index in [4.69, 9.17) is 23.2 Å². The van der Waals surface area contributed by atoms with Gasteiger partial charge in [-0.15, -0.1) is 0 Å². The maximum absolute atomic E-state index is 14.0. The van der Waals surface area contributed by atoms with E-state index in [0.29, 0.717) is 36.9 Å². The summed E-state index contributed by atoms with van der Waals surface area (Å²) in [4.78, 5) is 27.2. The van der Waals surface area contributed by atoms with E-state index in [-0.39, 0.29) is 23.1 Å². The van der Waals surface area contributed by atoms with E-state index in [2.05, 4.69) is 26.6 Å². The summed E-state index contributed by atoms with van der Waals surface area (Å²) in [5, 5.41) is 6.79. The summed E-state index contributed by atoms with van der Waals surface area (Å²) in [6, 6.07) is 15.9. The lowest BCUT2D eigenvalue weighted by Crippen LogP contribution is -2.57. The Hall–Kier alpha value is -2.39. The van der Waals surface area contributed by atoms with E-state index < -0.39 is 27.2 Å². The summed E-state index contributed by atoms with van der Waals surface area (Å²) < 4.78 is 26.2. The summed E-state index contributed by atoms with van der Waals surface area (Å²) in [6.45, 7) is 0. The third kappa shape index (κ3) is 3.96. The van der Waals surface area contributed by atoms with Crippen molar-refractivity contribution >= 4 is 66.5 Å². The number of piperidine rings is 1. The van der Waals surface area contributed by atoms with Crippen LogP contribution in [-0.2, 0) is 24.8 Å². The van der Waals surface area contributed by atoms with E-state index >= 15 is 0 Å². The zero-order chi connectivity index (χ0) is 25.1. The Morgan fingerprint density at radius 3 is 2.46 bits per heavy atom. The predicted octanol–water partition coefficient (Wildman–Crippen LogP) is 5.39. The van der Waals surface area contributed by atoms with Crippen molar-refractivity contribution in [2.24, 2.45) is 0 Å². The molecule has 2 N–H and O–H groups in total. The number of carbonyl (C=O) groups is 2. The van der Waals surface area contributed by atoms with Crippen LogP contribution in [0.2, 0.25) is 10.0 Å². The maximum Gasteiger partial charge on any atom is 0.238 e. The highest BCUT2D eigenvalue weighted by atomic mass is 79.9. The van der Waals surface area contributed by atoms with Gasteiger partial charge in [0, 0.05) is 38.8 Å². The van der Waals surface area contributed by atoms with Crippen molar-refractivity contribution in [1.82, 2.24) is 5.32 Å². The predicted molar refractivity (Wildman–Crippen MR) is 139 cm³/mol. The summed E-state index contributed by atoms with van der Waals surface area (Å²) >= 11 is 16.0. The number of rotatable bonds is 3. The van der Waals surface area contributed by atoms with Gasteiger partial charge in [-0.3, -0.25) is 9.59 Å². The molecule has 180 valence electrons. The molecule has 3 aromatic carbocycles. The van der Waals surface area contributed by atoms with E-state index in [1.54, 1.807) is 48.5 Å². The number of amides is 2. The Balaban J connectivity index is 1.87. The molecular formula is C25H19BrCl2N2O4S. The smallest absolute Gasteiger partial charge is 0.238 e. The molecule has 5 rings (SSSR count). The Morgan fingerprint density at radius 2 is 1.74 bits per heavy atom. The Labute approximate surface area is 221 Å². The van der Waals surface area contributed by atoms with Crippen molar-refractivity contribution in [1.29, 1.82) is 0 Å². The fourth-order valence-corrected chi connectivity index (χ4v) is 7.02. The minimum absolute atomic E-state index is 0.00847. The average molecular weight is 594 g/mol. The van der Waals surface area contributed by atoms with Crippen LogP contribution in [0.4, 0.5) is 5.69 Å². The summed E-state index contributed by atoms with van der Waals surface area (Å²) in [5.41, 5.74) is 0.803. The van der Waals surface area contributed by atoms with E-state index in [9.17, 15) is 18.0 Å². The van der Waals surface area contributed by atoms with Gasteiger partial charge in [0.1, 0.15) is 5.41 Å². The number of fused-ring (bicyclic) bond motifs is 2. The molecule has 3 aromatic rings. The molecule has 35 heavy (non-hydrogen) atoms. The number of nitrogens with one attached hydrogen (secondary N) is 2. The minimum Gasteiger partial charge on any atom is -0.348 e. The van der Waals surface area contributed by atoms with Crippen LogP contribution in [0.25, 0.3) is 0 Å². The van der Waals surface area contributed by atoms with Crippen LogP contribution >= 0.6 is 39.1 Å². The lowest BCUT2D eigenvalue weighted by Gasteiger charge is -2.46. The number of benzene rings is 3. The van der Waals surface area contributed by atoms with Gasteiger partial charge in [0.25, 0.3) is 0 Å². The molecule has 0 radical (unpaired) electrons. The first-order chi connectivity index (χ1) is 16.5.